The van der Waals surface area contributed by atoms with E-state index in [0.717, 1.165) is 51.0 Å². The molecule has 3 aromatic carbocycles. The summed E-state index contributed by atoms with van der Waals surface area (Å²) >= 11 is 0. The van der Waals surface area contributed by atoms with Crippen molar-refractivity contribution in [1.82, 2.24) is 14.5 Å². The number of aromatic nitrogens is 3. The molecule has 0 atom stereocenters. The van der Waals surface area contributed by atoms with Crippen LogP contribution in [0.15, 0.2) is 72.8 Å². The van der Waals surface area contributed by atoms with Gasteiger partial charge in [0.25, 0.3) is 0 Å². The van der Waals surface area contributed by atoms with Gasteiger partial charge in [-0.15, -0.1) is 0 Å². The topological polar surface area (TPSA) is 69.0 Å². The van der Waals surface area contributed by atoms with Crippen molar-refractivity contribution in [1.29, 1.82) is 0 Å². The van der Waals surface area contributed by atoms with Gasteiger partial charge in [-0.05, 0) is 48.9 Å². The van der Waals surface area contributed by atoms with Crippen LogP contribution in [0.5, 0.6) is 5.75 Å². The molecule has 0 aliphatic carbocycles. The normalized spacial score (nSPS) is 11.3. The number of amides is 1. The number of nitrogens with zero attached hydrogens (tertiary/aromatic N) is 3. The minimum atomic E-state index is -0.0492. The molecule has 0 aliphatic rings. The Morgan fingerprint density at radius 2 is 1.66 bits per heavy atom. The third-order valence-corrected chi connectivity index (χ3v) is 5.43. The number of carbonyl (C=O) groups is 1. The molecule has 0 fully saturated rings. The lowest BCUT2D eigenvalue weighted by Crippen LogP contribution is -2.14. The Labute approximate surface area is 185 Å². The van der Waals surface area contributed by atoms with Crippen LogP contribution >= 0.6 is 0 Å². The van der Waals surface area contributed by atoms with Crippen LogP contribution in [-0.4, -0.2) is 27.0 Å². The van der Waals surface area contributed by atoms with E-state index >= 15 is 0 Å². The molecule has 0 saturated heterocycles. The van der Waals surface area contributed by atoms with Crippen molar-refractivity contribution in [3.05, 3.63) is 72.8 Å². The summed E-state index contributed by atoms with van der Waals surface area (Å²) in [5, 5.41) is 4.01. The van der Waals surface area contributed by atoms with E-state index in [-0.39, 0.29) is 5.91 Å². The second-order valence-electron chi connectivity index (χ2n) is 7.72. The highest BCUT2D eigenvalue weighted by Gasteiger charge is 2.15. The fourth-order valence-corrected chi connectivity index (χ4v) is 3.90. The Kier molecular flexibility index (Phi) is 5.42. The third-order valence-electron chi connectivity index (χ3n) is 5.43. The Morgan fingerprint density at radius 3 is 2.44 bits per heavy atom. The lowest BCUT2D eigenvalue weighted by Gasteiger charge is -2.09. The number of carbonyl (C=O) groups excluding carboxylic acids is 1. The van der Waals surface area contributed by atoms with E-state index in [4.69, 9.17) is 14.7 Å². The van der Waals surface area contributed by atoms with Gasteiger partial charge in [0, 0.05) is 24.0 Å². The molecule has 32 heavy (non-hydrogen) atoms. The minimum absolute atomic E-state index is 0.0492. The predicted molar refractivity (Wildman–Crippen MR) is 128 cm³/mol. The van der Waals surface area contributed by atoms with Crippen LogP contribution in [0.2, 0.25) is 0 Å². The summed E-state index contributed by atoms with van der Waals surface area (Å²) in [7, 11) is 0. The van der Waals surface area contributed by atoms with Gasteiger partial charge in [-0.1, -0.05) is 37.3 Å². The Morgan fingerprint density at radius 1 is 0.938 bits per heavy atom. The Hall–Kier alpha value is -3.93. The van der Waals surface area contributed by atoms with Gasteiger partial charge in [-0.2, -0.15) is 0 Å². The number of fused-ring (bicyclic) bond motifs is 4. The zero-order chi connectivity index (χ0) is 21.9. The number of rotatable bonds is 7. The molecule has 0 unspecified atom stereocenters. The zero-order valence-electron chi connectivity index (χ0n) is 17.9. The van der Waals surface area contributed by atoms with E-state index < -0.39 is 0 Å². The fourth-order valence-electron chi connectivity index (χ4n) is 3.90. The standard InChI is InChI=1S/C26H24N4O2/c1-2-17-32-19-13-11-18(12-14-19)27-24(31)15-16-30-23-10-6-3-7-20(23)25-26(30)29-22-9-5-4-8-21(22)28-25/h3-14H,2,15-17H2,1H3,(H,27,31). The molecule has 2 aromatic heterocycles. The number of hydrogen-bond donors (Lipinski definition) is 1. The van der Waals surface area contributed by atoms with Crippen LogP contribution in [0.1, 0.15) is 19.8 Å². The Balaban J connectivity index is 1.38. The second-order valence-corrected chi connectivity index (χ2v) is 7.72. The van der Waals surface area contributed by atoms with Gasteiger partial charge in [0.1, 0.15) is 11.3 Å². The molecule has 0 radical (unpaired) electrons. The van der Waals surface area contributed by atoms with Crippen molar-refractivity contribution < 1.29 is 9.53 Å². The number of benzene rings is 3. The maximum atomic E-state index is 12.7. The summed E-state index contributed by atoms with van der Waals surface area (Å²) in [4.78, 5) is 22.4. The van der Waals surface area contributed by atoms with E-state index in [1.54, 1.807) is 0 Å². The van der Waals surface area contributed by atoms with Crippen LogP contribution in [0.4, 0.5) is 5.69 Å². The van der Waals surface area contributed by atoms with Crippen molar-refractivity contribution in [2.24, 2.45) is 0 Å². The largest absolute Gasteiger partial charge is 0.494 e. The van der Waals surface area contributed by atoms with Gasteiger partial charge in [0.15, 0.2) is 5.65 Å². The molecule has 0 bridgehead atoms. The van der Waals surface area contributed by atoms with Crippen LogP contribution in [-0.2, 0) is 11.3 Å². The molecule has 0 spiro atoms. The quantitative estimate of drug-likeness (QED) is 0.372. The van der Waals surface area contributed by atoms with Gasteiger partial charge >= 0.3 is 0 Å². The minimum Gasteiger partial charge on any atom is -0.494 e. The number of para-hydroxylation sites is 3. The monoisotopic (exact) mass is 424 g/mol. The maximum Gasteiger partial charge on any atom is 0.226 e. The fraction of sp³-hybridized carbons (Fsp3) is 0.192. The number of nitrogens with one attached hydrogen (secondary N) is 1. The van der Waals surface area contributed by atoms with Crippen molar-refractivity contribution in [3.8, 4) is 5.75 Å². The molecule has 6 nitrogen and oxygen atoms in total. The zero-order valence-corrected chi connectivity index (χ0v) is 17.9. The number of anilines is 1. The van der Waals surface area contributed by atoms with Gasteiger partial charge in [-0.3, -0.25) is 4.79 Å². The molecule has 0 aliphatic heterocycles. The van der Waals surface area contributed by atoms with E-state index in [0.29, 0.717) is 19.6 Å². The van der Waals surface area contributed by atoms with Gasteiger partial charge in [-0.25, -0.2) is 9.97 Å². The summed E-state index contributed by atoms with van der Waals surface area (Å²) in [6, 6.07) is 23.4. The summed E-state index contributed by atoms with van der Waals surface area (Å²) in [6.45, 7) is 3.27. The molecule has 5 aromatic rings. The molecule has 1 amide bonds. The van der Waals surface area contributed by atoms with Gasteiger partial charge in [0.2, 0.25) is 5.91 Å². The molecule has 2 heterocycles. The Bertz CT molecular complexity index is 1410. The van der Waals surface area contributed by atoms with Crippen LogP contribution in [0.3, 0.4) is 0 Å². The lowest BCUT2D eigenvalue weighted by atomic mass is 10.2. The van der Waals surface area contributed by atoms with E-state index in [1.165, 1.54) is 0 Å². The first-order valence-corrected chi connectivity index (χ1v) is 10.9. The van der Waals surface area contributed by atoms with Gasteiger partial charge < -0.3 is 14.6 Å². The van der Waals surface area contributed by atoms with Crippen molar-refractivity contribution in [3.63, 3.8) is 0 Å². The SMILES string of the molecule is CCCOc1ccc(NC(=O)CCn2c3ccccc3c3nc4ccccc4nc32)cc1. The average molecular weight is 425 g/mol. The summed E-state index contributed by atoms with van der Waals surface area (Å²) in [5.74, 6) is 0.757. The molecule has 5 rings (SSSR count). The highest BCUT2D eigenvalue weighted by atomic mass is 16.5. The molecule has 6 heteroatoms. The average Bonchev–Trinajstić information content (AvgIpc) is 3.13. The van der Waals surface area contributed by atoms with Crippen molar-refractivity contribution in [2.45, 2.75) is 26.3 Å². The first-order chi connectivity index (χ1) is 15.7. The van der Waals surface area contributed by atoms with Crippen LogP contribution < -0.4 is 10.1 Å². The molecule has 160 valence electrons. The van der Waals surface area contributed by atoms with Crippen molar-refractivity contribution >= 4 is 44.7 Å². The number of ether oxygens (including phenoxy) is 1. The van der Waals surface area contributed by atoms with E-state index in [9.17, 15) is 4.79 Å². The highest BCUT2D eigenvalue weighted by molar-refractivity contribution is 6.06. The third kappa shape index (κ3) is 3.87. The first kappa shape index (κ1) is 20.0. The molecule has 1 N–H and O–H groups in total. The second kappa shape index (κ2) is 8.67. The maximum absolute atomic E-state index is 12.7. The highest BCUT2D eigenvalue weighted by Crippen LogP contribution is 2.28. The number of aryl methyl sites for hydroxylation is 1. The lowest BCUT2D eigenvalue weighted by molar-refractivity contribution is -0.116. The molecule has 0 saturated carbocycles. The predicted octanol–water partition coefficient (Wildman–Crippen LogP) is 5.56. The summed E-state index contributed by atoms with van der Waals surface area (Å²) < 4.78 is 7.68. The number of hydrogen-bond acceptors (Lipinski definition) is 4. The van der Waals surface area contributed by atoms with E-state index in [2.05, 4.69) is 28.9 Å². The van der Waals surface area contributed by atoms with Crippen LogP contribution in [0.25, 0.3) is 33.1 Å². The summed E-state index contributed by atoms with van der Waals surface area (Å²) in [6.07, 6.45) is 1.29. The molecular weight excluding hydrogens is 400 g/mol. The first-order valence-electron chi connectivity index (χ1n) is 10.9. The van der Waals surface area contributed by atoms with Crippen LogP contribution in [0, 0.1) is 0 Å². The van der Waals surface area contributed by atoms with Gasteiger partial charge in [0.05, 0.1) is 23.2 Å². The van der Waals surface area contributed by atoms with Crippen molar-refractivity contribution in [2.75, 3.05) is 11.9 Å². The van der Waals surface area contributed by atoms with E-state index in [1.807, 2.05) is 60.7 Å². The smallest absolute Gasteiger partial charge is 0.226 e. The summed E-state index contributed by atoms with van der Waals surface area (Å²) in [5.41, 5.74) is 5.17. The molecular formula is C26H24N4O2.